The Kier molecular flexibility index (Phi) is 15.2. The van der Waals surface area contributed by atoms with E-state index in [1.807, 2.05) is 6.92 Å². The lowest BCUT2D eigenvalue weighted by atomic mass is 9.97. The van der Waals surface area contributed by atoms with Crippen LogP contribution in [0.5, 0.6) is 0 Å². The molecule has 4 rings (SSSR count). The third kappa shape index (κ3) is 10.1. The van der Waals surface area contributed by atoms with Crippen LogP contribution in [0.25, 0.3) is 0 Å². The molecule has 15 nitrogen and oxygen atoms in total. The highest BCUT2D eigenvalue weighted by Gasteiger charge is 2.50. The molecule has 0 saturated carbocycles. The van der Waals surface area contributed by atoms with E-state index in [1.165, 1.54) is 28.6 Å². The van der Waals surface area contributed by atoms with Gasteiger partial charge in [-0.25, -0.2) is 9.59 Å². The molecule has 10 atom stereocenters. The van der Waals surface area contributed by atoms with E-state index in [2.05, 4.69) is 9.98 Å². The molecule has 2 fully saturated rings. The SMILES string of the molecule is C.CC[C@H]1O[C@@H]2SC(N(C)C(=O)OC(C)(C)C)=N[C@@H]2[C@@H](O)[C@@H]1O.CN(C(=O)OC(C)(C)C)C1=N[C@@H]2[C@@H](O)[C@H](O)C(CO)O[C@@H]2S1.F. The molecule has 0 aliphatic carbocycles. The molecule has 4 aliphatic heterocycles. The Labute approximate surface area is 278 Å². The number of ether oxygens (including phenoxy) is 4. The molecule has 2 saturated heterocycles. The van der Waals surface area contributed by atoms with Gasteiger partial charge in [-0.05, 0) is 48.0 Å². The van der Waals surface area contributed by atoms with E-state index in [-0.39, 0.29) is 12.1 Å². The minimum Gasteiger partial charge on any atom is -0.443 e. The van der Waals surface area contributed by atoms with Crippen molar-refractivity contribution in [2.75, 3.05) is 20.7 Å². The predicted molar refractivity (Wildman–Crippen MR) is 174 cm³/mol. The Bertz CT molecular complexity index is 1020. The van der Waals surface area contributed by atoms with Gasteiger partial charge < -0.3 is 44.5 Å². The summed E-state index contributed by atoms with van der Waals surface area (Å²) in [6, 6.07) is -1.27. The zero-order valence-corrected chi connectivity index (χ0v) is 28.5. The first-order chi connectivity index (χ1) is 20.3. The first-order valence-corrected chi connectivity index (χ1v) is 16.1. The van der Waals surface area contributed by atoms with Crippen LogP contribution in [0.15, 0.2) is 9.98 Å². The van der Waals surface area contributed by atoms with Crippen molar-refractivity contribution < 1.29 is 58.8 Å². The number of thioether (sulfide) groups is 2. The number of halogens is 1. The van der Waals surface area contributed by atoms with Gasteiger partial charge in [0.15, 0.2) is 10.3 Å². The summed E-state index contributed by atoms with van der Waals surface area (Å²) in [5, 5.41) is 50.1. The van der Waals surface area contributed by atoms with Gasteiger partial charge in [-0.3, -0.25) is 24.5 Å². The van der Waals surface area contributed by atoms with Crippen LogP contribution < -0.4 is 0 Å². The van der Waals surface area contributed by atoms with Gasteiger partial charge in [0.25, 0.3) is 0 Å². The summed E-state index contributed by atoms with van der Waals surface area (Å²) in [5.41, 5.74) is -2.18. The highest BCUT2D eigenvalue weighted by atomic mass is 32.2. The molecule has 0 radical (unpaired) electrons. The van der Waals surface area contributed by atoms with Crippen molar-refractivity contribution in [1.29, 1.82) is 0 Å². The zero-order chi connectivity index (χ0) is 33.3. The van der Waals surface area contributed by atoms with Crippen LogP contribution in [-0.4, -0.2) is 149 Å². The molecule has 0 aromatic heterocycles. The molecule has 0 spiro atoms. The van der Waals surface area contributed by atoms with Crippen LogP contribution in [-0.2, 0) is 18.9 Å². The Morgan fingerprint density at radius 1 is 0.761 bits per heavy atom. The largest absolute Gasteiger partial charge is 0.443 e. The standard InChI is InChI=1S/C14H24N2O5S.C13H22N2O6S.CH4.FH/c1-6-7-9(17)10(18)8-11(20-7)22-12(15-8)16(5)13(19)21-14(2,3)4;1-13(2,3)21-12(19)15(4)11-14-7-9(18)8(17)6(5-16)20-10(7)22-11;;/h7-11,17-18H,6H2,1-5H3;6-10,16-18H,5H2,1-4H3;1H4;1H/t7-,8-,9-,10-,11-;6?,7-,8-,9-,10-;;/m11../s1. The van der Waals surface area contributed by atoms with Crippen molar-refractivity contribution in [1.82, 2.24) is 9.80 Å². The summed E-state index contributed by atoms with van der Waals surface area (Å²) in [4.78, 5) is 35.2. The lowest BCUT2D eigenvalue weighted by Crippen LogP contribution is -2.55. The molecule has 0 aromatic rings. The van der Waals surface area contributed by atoms with E-state index >= 15 is 0 Å². The van der Waals surface area contributed by atoms with Crippen molar-refractivity contribution in [2.24, 2.45) is 9.98 Å². The number of aliphatic hydroxyl groups is 5. The molecule has 0 aromatic carbocycles. The molecule has 1 unspecified atom stereocenters. The Morgan fingerprint density at radius 2 is 1.11 bits per heavy atom. The second-order valence-electron chi connectivity index (χ2n) is 12.8. The quantitative estimate of drug-likeness (QED) is 0.279. The number of amidine groups is 2. The number of amides is 2. The summed E-state index contributed by atoms with van der Waals surface area (Å²) >= 11 is 2.42. The van der Waals surface area contributed by atoms with E-state index in [4.69, 9.17) is 24.1 Å². The van der Waals surface area contributed by atoms with Gasteiger partial charge in [0.2, 0.25) is 0 Å². The van der Waals surface area contributed by atoms with Crippen LogP contribution in [0, 0.1) is 0 Å². The number of rotatable bonds is 2. The fourth-order valence-corrected chi connectivity index (χ4v) is 6.83. The highest BCUT2D eigenvalue weighted by Crippen LogP contribution is 2.39. The maximum absolute atomic E-state index is 12.1. The van der Waals surface area contributed by atoms with E-state index in [0.717, 1.165) is 11.8 Å². The molecule has 4 heterocycles. The van der Waals surface area contributed by atoms with Crippen molar-refractivity contribution in [3.8, 4) is 0 Å². The Hall–Kier alpha value is -1.77. The van der Waals surface area contributed by atoms with Crippen molar-refractivity contribution >= 4 is 46.0 Å². The molecule has 2 amide bonds. The average Bonchev–Trinajstić information content (AvgIpc) is 3.55. The van der Waals surface area contributed by atoms with E-state index in [1.54, 1.807) is 48.6 Å². The first kappa shape index (κ1) is 42.3. The molecule has 0 bridgehead atoms. The van der Waals surface area contributed by atoms with Crippen LogP contribution >= 0.6 is 23.5 Å². The Balaban J connectivity index is 0.000000441. The lowest BCUT2D eigenvalue weighted by molar-refractivity contribution is -0.164. The molecule has 5 N–H and O–H groups in total. The van der Waals surface area contributed by atoms with Crippen LogP contribution in [0.1, 0.15) is 62.3 Å². The van der Waals surface area contributed by atoms with E-state index in [0.29, 0.717) is 16.8 Å². The molecule has 18 heteroatoms. The van der Waals surface area contributed by atoms with Gasteiger partial charge >= 0.3 is 12.2 Å². The number of carbonyl (C=O) groups excluding carboxylic acids is 2. The minimum absolute atomic E-state index is 0. The summed E-state index contributed by atoms with van der Waals surface area (Å²) in [6.45, 7) is 12.1. The highest BCUT2D eigenvalue weighted by molar-refractivity contribution is 8.14. The lowest BCUT2D eigenvalue weighted by Gasteiger charge is -2.37. The van der Waals surface area contributed by atoms with Crippen LogP contribution in [0.3, 0.4) is 0 Å². The number of aliphatic hydroxyl groups excluding tert-OH is 5. The van der Waals surface area contributed by atoms with Gasteiger partial charge in [0.1, 0.15) is 64.7 Å². The number of hydrogen-bond donors (Lipinski definition) is 5. The number of aliphatic imine (C=N–C) groups is 2. The van der Waals surface area contributed by atoms with Crippen LogP contribution in [0.2, 0.25) is 0 Å². The fraction of sp³-hybridized carbons (Fsp3) is 0.857. The predicted octanol–water partition coefficient (Wildman–Crippen LogP) is 1.73. The van der Waals surface area contributed by atoms with Gasteiger partial charge in [-0.1, -0.05) is 37.9 Å². The minimum atomic E-state index is -1.22. The molecular formula is C28H51FN4O11S2. The number of hydrogen-bond acceptors (Lipinski definition) is 15. The average molecular weight is 703 g/mol. The summed E-state index contributed by atoms with van der Waals surface area (Å²) in [5.74, 6) is 0. The third-order valence-corrected chi connectivity index (χ3v) is 9.21. The molecule has 268 valence electrons. The van der Waals surface area contributed by atoms with Crippen LogP contribution in [0.4, 0.5) is 14.3 Å². The van der Waals surface area contributed by atoms with E-state index < -0.39 is 89.6 Å². The maximum atomic E-state index is 12.1. The second kappa shape index (κ2) is 16.6. The van der Waals surface area contributed by atoms with E-state index in [9.17, 15) is 30.0 Å². The second-order valence-corrected chi connectivity index (χ2v) is 14.9. The fourth-order valence-electron chi connectivity index (χ4n) is 4.46. The smallest absolute Gasteiger partial charge is 0.416 e. The normalized spacial score (nSPS) is 33.3. The third-order valence-electron chi connectivity index (χ3n) is 6.79. The van der Waals surface area contributed by atoms with Gasteiger partial charge in [0, 0.05) is 14.1 Å². The topological polar surface area (TPSA) is 203 Å². The number of carbonyl (C=O) groups is 2. The maximum Gasteiger partial charge on any atom is 0.416 e. The summed E-state index contributed by atoms with van der Waals surface area (Å²) in [6.07, 6.45) is -6.13. The summed E-state index contributed by atoms with van der Waals surface area (Å²) in [7, 11) is 3.08. The summed E-state index contributed by atoms with van der Waals surface area (Å²) < 4.78 is 21.8. The van der Waals surface area contributed by atoms with Gasteiger partial charge in [0.05, 0.1) is 12.7 Å². The first-order valence-electron chi connectivity index (χ1n) is 14.3. The number of fused-ring (bicyclic) bond motifs is 2. The molecular weight excluding hydrogens is 651 g/mol. The van der Waals surface area contributed by atoms with Crippen molar-refractivity contribution in [3.63, 3.8) is 0 Å². The van der Waals surface area contributed by atoms with Gasteiger partial charge in [-0.2, -0.15) is 0 Å². The monoisotopic (exact) mass is 702 g/mol. The van der Waals surface area contributed by atoms with Crippen molar-refractivity contribution in [2.45, 2.75) is 133 Å². The zero-order valence-electron chi connectivity index (χ0n) is 26.9. The molecule has 46 heavy (non-hydrogen) atoms. The Morgan fingerprint density at radius 3 is 1.43 bits per heavy atom. The van der Waals surface area contributed by atoms with Crippen molar-refractivity contribution in [3.05, 3.63) is 0 Å². The van der Waals surface area contributed by atoms with Gasteiger partial charge in [-0.15, -0.1) is 0 Å². The molecule has 4 aliphatic rings. The number of nitrogens with zero attached hydrogens (tertiary/aromatic N) is 4.